The molecule has 1 N–H and O–H groups in total. The quantitative estimate of drug-likeness (QED) is 0.685. The largest absolute Gasteiger partial charge is 0.390 e. The zero-order chi connectivity index (χ0) is 15.6. The van der Waals surface area contributed by atoms with Gasteiger partial charge in [0, 0.05) is 11.8 Å². The fourth-order valence-corrected chi connectivity index (χ4v) is 3.77. The molecule has 0 heterocycles. The van der Waals surface area contributed by atoms with Gasteiger partial charge in [-0.2, -0.15) is 0 Å². The van der Waals surface area contributed by atoms with Crippen LogP contribution in [0.4, 0.5) is 0 Å². The van der Waals surface area contributed by atoms with Crippen molar-refractivity contribution in [3.63, 3.8) is 0 Å². The van der Waals surface area contributed by atoms with Crippen LogP contribution in [0.5, 0.6) is 0 Å². The molecule has 0 aromatic heterocycles. The van der Waals surface area contributed by atoms with Crippen LogP contribution < -0.4 is 0 Å². The summed E-state index contributed by atoms with van der Waals surface area (Å²) in [6.45, 7) is 11.1. The standard InChI is InChI=1S/C20H32O/c1-14(2)7-6-8-15(3)17-11-12-20(5,21)19-10-9-16(4)18(19)13-17/h8-9,13-14,18-19,21H,6-7,10-12H2,1-5H3. The van der Waals surface area contributed by atoms with Gasteiger partial charge in [-0.3, -0.25) is 0 Å². The van der Waals surface area contributed by atoms with Crippen LogP contribution in [-0.2, 0) is 0 Å². The number of hydrogen-bond acceptors (Lipinski definition) is 1. The third-order valence-electron chi connectivity index (χ3n) is 5.43. The third kappa shape index (κ3) is 3.88. The van der Waals surface area contributed by atoms with Crippen LogP contribution in [0.1, 0.15) is 66.7 Å². The molecule has 3 atom stereocenters. The second kappa shape index (κ2) is 6.52. The molecule has 21 heavy (non-hydrogen) atoms. The first-order chi connectivity index (χ1) is 9.81. The molecule has 0 aromatic carbocycles. The fourth-order valence-electron chi connectivity index (χ4n) is 3.77. The van der Waals surface area contributed by atoms with Crippen molar-refractivity contribution in [1.29, 1.82) is 0 Å². The number of rotatable bonds is 4. The lowest BCUT2D eigenvalue weighted by Crippen LogP contribution is -2.36. The van der Waals surface area contributed by atoms with E-state index in [-0.39, 0.29) is 0 Å². The Morgan fingerprint density at radius 1 is 1.48 bits per heavy atom. The van der Waals surface area contributed by atoms with Crippen molar-refractivity contribution in [3.05, 3.63) is 34.9 Å². The van der Waals surface area contributed by atoms with Crippen LogP contribution in [0.3, 0.4) is 0 Å². The molecule has 0 bridgehead atoms. The summed E-state index contributed by atoms with van der Waals surface area (Å²) in [4.78, 5) is 0. The normalized spacial score (nSPS) is 33.6. The van der Waals surface area contributed by atoms with E-state index in [1.807, 2.05) is 6.92 Å². The number of hydrogen-bond donors (Lipinski definition) is 1. The summed E-state index contributed by atoms with van der Waals surface area (Å²) >= 11 is 0. The van der Waals surface area contributed by atoms with Crippen LogP contribution in [-0.4, -0.2) is 10.7 Å². The first kappa shape index (κ1) is 16.5. The van der Waals surface area contributed by atoms with Crippen molar-refractivity contribution in [2.45, 2.75) is 72.3 Å². The Morgan fingerprint density at radius 2 is 2.19 bits per heavy atom. The molecule has 0 spiro atoms. The average molecular weight is 288 g/mol. The summed E-state index contributed by atoms with van der Waals surface area (Å²) < 4.78 is 0. The van der Waals surface area contributed by atoms with E-state index < -0.39 is 5.60 Å². The number of allylic oxidation sites excluding steroid dienone is 6. The third-order valence-corrected chi connectivity index (χ3v) is 5.43. The van der Waals surface area contributed by atoms with E-state index in [2.05, 4.69) is 45.9 Å². The molecule has 0 saturated carbocycles. The van der Waals surface area contributed by atoms with Crippen molar-refractivity contribution in [2.24, 2.45) is 17.8 Å². The first-order valence-corrected chi connectivity index (χ1v) is 8.58. The Bertz CT molecular complexity index is 462. The van der Waals surface area contributed by atoms with Gasteiger partial charge in [-0.25, -0.2) is 0 Å². The minimum Gasteiger partial charge on any atom is -0.390 e. The molecule has 0 aliphatic heterocycles. The molecule has 0 aromatic rings. The molecule has 0 fully saturated rings. The predicted octanol–water partition coefficient (Wildman–Crippen LogP) is 5.42. The number of fused-ring (bicyclic) bond motifs is 1. The fraction of sp³-hybridized carbons (Fsp3) is 0.700. The molecule has 2 aliphatic carbocycles. The van der Waals surface area contributed by atoms with E-state index in [0.29, 0.717) is 11.8 Å². The summed E-state index contributed by atoms with van der Waals surface area (Å²) in [5.41, 5.74) is 3.79. The Kier molecular flexibility index (Phi) is 5.14. The second-order valence-corrected chi connectivity index (χ2v) is 7.72. The molecule has 0 amide bonds. The van der Waals surface area contributed by atoms with Crippen molar-refractivity contribution >= 4 is 0 Å². The SMILES string of the molecule is CC(=CCCC(C)C)C1=CC2C(C)=CCC2C(C)(O)CC1. The van der Waals surface area contributed by atoms with Gasteiger partial charge < -0.3 is 5.11 Å². The van der Waals surface area contributed by atoms with Crippen molar-refractivity contribution in [3.8, 4) is 0 Å². The van der Waals surface area contributed by atoms with E-state index in [9.17, 15) is 5.11 Å². The van der Waals surface area contributed by atoms with Gasteiger partial charge in [-0.1, -0.05) is 43.2 Å². The first-order valence-electron chi connectivity index (χ1n) is 8.58. The zero-order valence-corrected chi connectivity index (χ0v) is 14.4. The van der Waals surface area contributed by atoms with E-state index in [0.717, 1.165) is 25.2 Å². The highest BCUT2D eigenvalue weighted by Crippen LogP contribution is 2.45. The Morgan fingerprint density at radius 3 is 2.86 bits per heavy atom. The van der Waals surface area contributed by atoms with Gasteiger partial charge in [-0.15, -0.1) is 0 Å². The molecule has 1 heteroatoms. The maximum absolute atomic E-state index is 10.8. The molecule has 2 rings (SSSR count). The highest BCUT2D eigenvalue weighted by Gasteiger charge is 2.41. The highest BCUT2D eigenvalue weighted by atomic mass is 16.3. The van der Waals surface area contributed by atoms with Crippen molar-refractivity contribution in [2.75, 3.05) is 0 Å². The van der Waals surface area contributed by atoms with Gasteiger partial charge in [0.15, 0.2) is 0 Å². The van der Waals surface area contributed by atoms with Gasteiger partial charge in [0.05, 0.1) is 5.60 Å². The van der Waals surface area contributed by atoms with Crippen LogP contribution in [0, 0.1) is 17.8 Å². The summed E-state index contributed by atoms with van der Waals surface area (Å²) in [6, 6.07) is 0. The van der Waals surface area contributed by atoms with Crippen molar-refractivity contribution < 1.29 is 5.11 Å². The van der Waals surface area contributed by atoms with E-state index in [1.165, 1.54) is 29.6 Å². The van der Waals surface area contributed by atoms with Crippen LogP contribution >= 0.6 is 0 Å². The Hall–Kier alpha value is -0.820. The molecule has 3 unspecified atom stereocenters. The molecular formula is C20H32O. The van der Waals surface area contributed by atoms with Gasteiger partial charge in [0.1, 0.15) is 0 Å². The predicted molar refractivity (Wildman–Crippen MR) is 91.1 cm³/mol. The highest BCUT2D eigenvalue weighted by molar-refractivity contribution is 5.35. The van der Waals surface area contributed by atoms with Crippen LogP contribution in [0.25, 0.3) is 0 Å². The number of aliphatic hydroxyl groups is 1. The van der Waals surface area contributed by atoms with Gasteiger partial charge in [-0.05, 0) is 64.4 Å². The smallest absolute Gasteiger partial charge is 0.0662 e. The van der Waals surface area contributed by atoms with Crippen LogP contribution in [0.15, 0.2) is 34.9 Å². The molecule has 118 valence electrons. The zero-order valence-electron chi connectivity index (χ0n) is 14.4. The Balaban J connectivity index is 2.16. The van der Waals surface area contributed by atoms with E-state index in [1.54, 1.807) is 0 Å². The monoisotopic (exact) mass is 288 g/mol. The second-order valence-electron chi connectivity index (χ2n) is 7.72. The summed E-state index contributed by atoms with van der Waals surface area (Å²) in [7, 11) is 0. The van der Waals surface area contributed by atoms with Gasteiger partial charge >= 0.3 is 0 Å². The molecule has 0 radical (unpaired) electrons. The van der Waals surface area contributed by atoms with Gasteiger partial charge in [0.2, 0.25) is 0 Å². The Labute approximate surface area is 130 Å². The maximum Gasteiger partial charge on any atom is 0.0662 e. The lowest BCUT2D eigenvalue weighted by Gasteiger charge is -2.32. The molecule has 1 nitrogen and oxygen atoms in total. The topological polar surface area (TPSA) is 20.2 Å². The van der Waals surface area contributed by atoms with Crippen molar-refractivity contribution in [1.82, 2.24) is 0 Å². The summed E-state index contributed by atoms with van der Waals surface area (Å²) in [5, 5.41) is 10.8. The summed E-state index contributed by atoms with van der Waals surface area (Å²) in [5.74, 6) is 1.58. The lowest BCUT2D eigenvalue weighted by molar-refractivity contribution is -0.0121. The molecule has 0 saturated heterocycles. The van der Waals surface area contributed by atoms with Gasteiger partial charge in [0.25, 0.3) is 0 Å². The summed E-state index contributed by atoms with van der Waals surface area (Å²) in [6.07, 6.45) is 12.5. The minimum atomic E-state index is -0.532. The van der Waals surface area contributed by atoms with E-state index in [4.69, 9.17) is 0 Å². The van der Waals surface area contributed by atoms with E-state index >= 15 is 0 Å². The average Bonchev–Trinajstić information content (AvgIpc) is 2.69. The molecule has 2 aliphatic rings. The molecular weight excluding hydrogens is 256 g/mol. The lowest BCUT2D eigenvalue weighted by atomic mass is 9.78. The van der Waals surface area contributed by atoms with Crippen LogP contribution in [0.2, 0.25) is 0 Å². The minimum absolute atomic E-state index is 0.374. The maximum atomic E-state index is 10.8.